The van der Waals surface area contributed by atoms with Gasteiger partial charge in [0.25, 0.3) is 0 Å². The number of nitrogens with one attached hydrogen (secondary N) is 1. The van der Waals surface area contributed by atoms with Gasteiger partial charge in [-0.1, -0.05) is 27.2 Å². The molecule has 1 aliphatic rings. The molecule has 0 radical (unpaired) electrons. The highest BCUT2D eigenvalue weighted by Crippen LogP contribution is 2.34. The van der Waals surface area contributed by atoms with E-state index in [4.69, 9.17) is 4.98 Å². The van der Waals surface area contributed by atoms with E-state index in [0.29, 0.717) is 5.41 Å². The van der Waals surface area contributed by atoms with E-state index in [9.17, 15) is 0 Å². The molecule has 0 atom stereocenters. The van der Waals surface area contributed by atoms with Crippen LogP contribution in [0.5, 0.6) is 0 Å². The van der Waals surface area contributed by atoms with Crippen LogP contribution in [0.25, 0.3) is 0 Å². The highest BCUT2D eigenvalue weighted by atomic mass is 32.1. The summed E-state index contributed by atoms with van der Waals surface area (Å²) in [4.78, 5) is 8.82. The van der Waals surface area contributed by atoms with E-state index in [1.807, 2.05) is 18.4 Å². The second-order valence-corrected chi connectivity index (χ2v) is 7.40. The molecule has 1 fully saturated rings. The highest BCUT2D eigenvalue weighted by molar-refractivity contribution is 7.15. The number of anilines is 1. The van der Waals surface area contributed by atoms with Gasteiger partial charge in [0.15, 0.2) is 5.13 Å². The van der Waals surface area contributed by atoms with Crippen LogP contribution in [0.2, 0.25) is 0 Å². The second kappa shape index (κ2) is 6.23. The van der Waals surface area contributed by atoms with Crippen molar-refractivity contribution in [1.29, 1.82) is 0 Å². The van der Waals surface area contributed by atoms with Crippen molar-refractivity contribution in [3.05, 3.63) is 10.6 Å². The van der Waals surface area contributed by atoms with Gasteiger partial charge in [0.1, 0.15) is 0 Å². The lowest BCUT2D eigenvalue weighted by Crippen LogP contribution is -2.40. The lowest BCUT2D eigenvalue weighted by atomic mass is 9.84. The Bertz CT molecular complexity index is 388. The van der Waals surface area contributed by atoms with Crippen molar-refractivity contribution in [3.8, 4) is 0 Å². The molecule has 0 amide bonds. The van der Waals surface area contributed by atoms with E-state index in [0.717, 1.165) is 19.5 Å². The summed E-state index contributed by atoms with van der Waals surface area (Å²) < 4.78 is 0. The normalized spacial score (nSPS) is 18.8. The van der Waals surface area contributed by atoms with E-state index in [-0.39, 0.29) is 0 Å². The lowest BCUT2D eigenvalue weighted by Gasteiger charge is -2.37. The van der Waals surface area contributed by atoms with Crippen LogP contribution in [0.3, 0.4) is 0 Å². The molecule has 1 N–H and O–H groups in total. The van der Waals surface area contributed by atoms with Gasteiger partial charge in [0.05, 0.1) is 5.69 Å². The molecule has 1 aliphatic heterocycles. The van der Waals surface area contributed by atoms with Gasteiger partial charge in [0.2, 0.25) is 0 Å². The number of hydrogen-bond donors (Lipinski definition) is 1. The lowest BCUT2D eigenvalue weighted by molar-refractivity contribution is 0.293. The largest absolute Gasteiger partial charge is 0.348 e. The van der Waals surface area contributed by atoms with Crippen LogP contribution in [0.15, 0.2) is 0 Å². The Kier molecular flexibility index (Phi) is 4.85. The maximum Gasteiger partial charge on any atom is 0.185 e. The quantitative estimate of drug-likeness (QED) is 0.896. The van der Waals surface area contributed by atoms with Gasteiger partial charge in [-0.05, 0) is 31.7 Å². The SMILES string of the molecule is CCCc1nc(N2CCCC(C)(C)C2)sc1CNC. The van der Waals surface area contributed by atoms with Crippen LogP contribution < -0.4 is 10.2 Å². The Morgan fingerprint density at radius 1 is 1.42 bits per heavy atom. The Labute approximate surface area is 121 Å². The van der Waals surface area contributed by atoms with Gasteiger partial charge < -0.3 is 10.2 Å². The van der Waals surface area contributed by atoms with Crippen LogP contribution in [-0.4, -0.2) is 25.1 Å². The molecule has 1 saturated heterocycles. The summed E-state index contributed by atoms with van der Waals surface area (Å²) in [7, 11) is 2.01. The first-order chi connectivity index (χ1) is 9.05. The zero-order valence-electron chi connectivity index (χ0n) is 12.8. The topological polar surface area (TPSA) is 28.2 Å². The van der Waals surface area contributed by atoms with Gasteiger partial charge >= 0.3 is 0 Å². The monoisotopic (exact) mass is 281 g/mol. The first kappa shape index (κ1) is 14.8. The number of aromatic nitrogens is 1. The summed E-state index contributed by atoms with van der Waals surface area (Å²) >= 11 is 1.88. The number of rotatable bonds is 5. The van der Waals surface area contributed by atoms with E-state index >= 15 is 0 Å². The van der Waals surface area contributed by atoms with E-state index in [1.165, 1.54) is 41.5 Å². The third kappa shape index (κ3) is 3.69. The average Bonchev–Trinajstić information content (AvgIpc) is 2.72. The standard InChI is InChI=1S/C15H27N3S/c1-5-7-12-13(10-16-4)19-14(17-12)18-9-6-8-15(2,3)11-18/h16H,5-11H2,1-4H3. The molecule has 19 heavy (non-hydrogen) atoms. The van der Waals surface area contributed by atoms with Crippen molar-refractivity contribution >= 4 is 16.5 Å². The zero-order valence-corrected chi connectivity index (χ0v) is 13.6. The maximum absolute atomic E-state index is 4.91. The van der Waals surface area contributed by atoms with Crippen LogP contribution in [-0.2, 0) is 13.0 Å². The molecular weight excluding hydrogens is 254 g/mol. The molecule has 0 bridgehead atoms. The van der Waals surface area contributed by atoms with E-state index in [2.05, 4.69) is 31.0 Å². The Balaban J connectivity index is 2.17. The number of nitrogens with zero attached hydrogens (tertiary/aromatic N) is 2. The molecule has 2 rings (SSSR count). The molecule has 0 spiro atoms. The fourth-order valence-electron chi connectivity index (χ4n) is 2.82. The minimum absolute atomic E-state index is 0.429. The fourth-order valence-corrected chi connectivity index (χ4v) is 3.97. The number of hydrogen-bond acceptors (Lipinski definition) is 4. The molecule has 0 aliphatic carbocycles. The smallest absolute Gasteiger partial charge is 0.185 e. The molecule has 1 aromatic rings. The Hall–Kier alpha value is -0.610. The minimum Gasteiger partial charge on any atom is -0.348 e. The molecule has 108 valence electrons. The number of piperidine rings is 1. The van der Waals surface area contributed by atoms with Gasteiger partial charge in [0, 0.05) is 24.5 Å². The Morgan fingerprint density at radius 2 is 2.21 bits per heavy atom. The first-order valence-electron chi connectivity index (χ1n) is 7.44. The summed E-state index contributed by atoms with van der Waals surface area (Å²) in [6, 6.07) is 0. The van der Waals surface area contributed by atoms with Gasteiger partial charge in [-0.15, -0.1) is 11.3 Å². The van der Waals surface area contributed by atoms with E-state index < -0.39 is 0 Å². The number of thiazole rings is 1. The Morgan fingerprint density at radius 3 is 2.84 bits per heavy atom. The molecule has 4 heteroatoms. The van der Waals surface area contributed by atoms with Crippen molar-refractivity contribution in [1.82, 2.24) is 10.3 Å². The summed E-state index contributed by atoms with van der Waals surface area (Å²) in [5.41, 5.74) is 1.73. The van der Waals surface area contributed by atoms with Gasteiger partial charge in [-0.2, -0.15) is 0 Å². The van der Waals surface area contributed by atoms with Crippen LogP contribution in [0, 0.1) is 5.41 Å². The summed E-state index contributed by atoms with van der Waals surface area (Å²) in [5, 5.41) is 4.50. The first-order valence-corrected chi connectivity index (χ1v) is 8.25. The fraction of sp³-hybridized carbons (Fsp3) is 0.800. The van der Waals surface area contributed by atoms with Crippen LogP contribution >= 0.6 is 11.3 Å². The number of aryl methyl sites for hydroxylation is 1. The van der Waals surface area contributed by atoms with Crippen LogP contribution in [0.1, 0.15) is 50.6 Å². The van der Waals surface area contributed by atoms with Crippen molar-refractivity contribution in [2.45, 2.75) is 53.0 Å². The molecule has 0 saturated carbocycles. The van der Waals surface area contributed by atoms with Crippen molar-refractivity contribution in [2.24, 2.45) is 5.41 Å². The zero-order chi connectivity index (χ0) is 13.9. The molecule has 1 aromatic heterocycles. The van der Waals surface area contributed by atoms with Gasteiger partial charge in [-0.3, -0.25) is 0 Å². The second-order valence-electron chi connectivity index (χ2n) is 6.34. The van der Waals surface area contributed by atoms with Gasteiger partial charge in [-0.25, -0.2) is 4.98 Å². The predicted octanol–water partition coefficient (Wildman–Crippen LogP) is 3.44. The highest BCUT2D eigenvalue weighted by Gasteiger charge is 2.28. The molecule has 0 aromatic carbocycles. The average molecular weight is 281 g/mol. The molecule has 3 nitrogen and oxygen atoms in total. The summed E-state index contributed by atoms with van der Waals surface area (Å²) in [6.45, 7) is 10.2. The van der Waals surface area contributed by atoms with Crippen molar-refractivity contribution in [3.63, 3.8) is 0 Å². The van der Waals surface area contributed by atoms with Crippen LogP contribution in [0.4, 0.5) is 5.13 Å². The maximum atomic E-state index is 4.91. The molecule has 0 unspecified atom stereocenters. The van der Waals surface area contributed by atoms with E-state index in [1.54, 1.807) is 0 Å². The third-order valence-corrected chi connectivity index (χ3v) is 4.92. The van der Waals surface area contributed by atoms with Crippen molar-refractivity contribution in [2.75, 3.05) is 25.0 Å². The molecule has 2 heterocycles. The molecular formula is C15H27N3S. The summed E-state index contributed by atoms with van der Waals surface area (Å²) in [5.74, 6) is 0. The van der Waals surface area contributed by atoms with Crippen molar-refractivity contribution < 1.29 is 0 Å². The summed E-state index contributed by atoms with van der Waals surface area (Å²) in [6.07, 6.45) is 4.90. The third-order valence-electron chi connectivity index (χ3n) is 3.76. The predicted molar refractivity (Wildman–Crippen MR) is 84.1 cm³/mol. The minimum atomic E-state index is 0.429.